The van der Waals surface area contributed by atoms with Gasteiger partial charge < -0.3 is 25.2 Å². The molecule has 1 amide bonds. The first-order valence-corrected chi connectivity index (χ1v) is 9.80. The molecule has 1 heterocycles. The SMILES string of the molecule is CN=C(NCc1cccc(C(=O)NC)c1)N1CCN(c2cccc(OC)c2)CC1.I. The molecule has 0 aromatic heterocycles. The van der Waals surface area contributed by atoms with Crippen LogP contribution in [0.3, 0.4) is 0 Å². The van der Waals surface area contributed by atoms with E-state index in [-0.39, 0.29) is 29.9 Å². The van der Waals surface area contributed by atoms with Crippen LogP contribution in [0.25, 0.3) is 0 Å². The Bertz CT molecular complexity index is 866. The molecule has 1 aliphatic rings. The number of carbonyl (C=O) groups is 1. The normalized spacial score (nSPS) is 14.0. The van der Waals surface area contributed by atoms with Gasteiger partial charge in [-0.1, -0.05) is 18.2 Å². The van der Waals surface area contributed by atoms with Gasteiger partial charge in [-0.3, -0.25) is 9.79 Å². The van der Waals surface area contributed by atoms with Gasteiger partial charge in [-0.25, -0.2) is 0 Å². The van der Waals surface area contributed by atoms with Crippen LogP contribution >= 0.6 is 24.0 Å². The van der Waals surface area contributed by atoms with E-state index in [1.165, 1.54) is 5.69 Å². The second-order valence-electron chi connectivity index (χ2n) is 6.86. The van der Waals surface area contributed by atoms with Crippen molar-refractivity contribution in [2.24, 2.45) is 4.99 Å². The number of halogens is 1. The van der Waals surface area contributed by atoms with E-state index in [0.29, 0.717) is 12.1 Å². The lowest BCUT2D eigenvalue weighted by atomic mass is 10.1. The molecule has 8 heteroatoms. The minimum absolute atomic E-state index is 0. The molecule has 2 N–H and O–H groups in total. The number of anilines is 1. The van der Waals surface area contributed by atoms with E-state index in [4.69, 9.17) is 4.74 Å². The summed E-state index contributed by atoms with van der Waals surface area (Å²) in [6.45, 7) is 4.22. The van der Waals surface area contributed by atoms with E-state index >= 15 is 0 Å². The summed E-state index contributed by atoms with van der Waals surface area (Å²) in [5.74, 6) is 1.67. The maximum atomic E-state index is 11.8. The monoisotopic (exact) mass is 523 g/mol. The highest BCUT2D eigenvalue weighted by atomic mass is 127. The highest BCUT2D eigenvalue weighted by Crippen LogP contribution is 2.22. The fraction of sp³-hybridized carbons (Fsp3) is 0.364. The minimum Gasteiger partial charge on any atom is -0.497 e. The number of benzene rings is 2. The lowest BCUT2D eigenvalue weighted by molar-refractivity contribution is 0.0963. The molecule has 0 unspecified atom stereocenters. The van der Waals surface area contributed by atoms with E-state index in [9.17, 15) is 4.79 Å². The molecule has 1 fully saturated rings. The van der Waals surface area contributed by atoms with Gasteiger partial charge in [-0.05, 0) is 29.8 Å². The minimum atomic E-state index is -0.0788. The Hall–Kier alpha value is -2.49. The molecule has 0 radical (unpaired) electrons. The number of ether oxygens (including phenoxy) is 1. The molecule has 30 heavy (non-hydrogen) atoms. The van der Waals surface area contributed by atoms with E-state index in [2.05, 4.69) is 37.6 Å². The second kappa shape index (κ2) is 11.6. The Kier molecular flexibility index (Phi) is 9.22. The van der Waals surface area contributed by atoms with Gasteiger partial charge in [0.25, 0.3) is 5.91 Å². The van der Waals surface area contributed by atoms with Crippen molar-refractivity contribution in [2.75, 3.05) is 52.3 Å². The Labute approximate surface area is 195 Å². The summed E-state index contributed by atoms with van der Waals surface area (Å²) in [5, 5.41) is 6.08. The Morgan fingerprint density at radius 1 is 1.10 bits per heavy atom. The molecule has 2 aromatic carbocycles. The first-order valence-electron chi connectivity index (χ1n) is 9.80. The molecule has 0 saturated carbocycles. The average Bonchev–Trinajstić information content (AvgIpc) is 2.79. The van der Waals surface area contributed by atoms with Crippen molar-refractivity contribution in [3.63, 3.8) is 0 Å². The van der Waals surface area contributed by atoms with Gasteiger partial charge in [-0.15, -0.1) is 24.0 Å². The van der Waals surface area contributed by atoms with E-state index in [1.807, 2.05) is 36.4 Å². The number of methoxy groups -OCH3 is 1. The van der Waals surface area contributed by atoms with Crippen LogP contribution in [-0.4, -0.2) is 64.2 Å². The molecule has 162 valence electrons. The molecule has 0 aliphatic carbocycles. The zero-order chi connectivity index (χ0) is 20.6. The number of rotatable bonds is 5. The van der Waals surface area contributed by atoms with Crippen LogP contribution in [0.1, 0.15) is 15.9 Å². The summed E-state index contributed by atoms with van der Waals surface area (Å²) in [5.41, 5.74) is 2.88. The number of amides is 1. The van der Waals surface area contributed by atoms with Crippen molar-refractivity contribution in [2.45, 2.75) is 6.54 Å². The number of nitrogens with zero attached hydrogens (tertiary/aromatic N) is 3. The number of aliphatic imine (C=N–C) groups is 1. The summed E-state index contributed by atoms with van der Waals surface area (Å²) in [6, 6.07) is 15.8. The zero-order valence-corrected chi connectivity index (χ0v) is 20.1. The lowest BCUT2D eigenvalue weighted by Gasteiger charge is -2.37. The third-order valence-electron chi connectivity index (χ3n) is 5.08. The highest BCUT2D eigenvalue weighted by Gasteiger charge is 2.20. The van der Waals surface area contributed by atoms with E-state index < -0.39 is 0 Å². The molecule has 0 spiro atoms. The van der Waals surface area contributed by atoms with E-state index in [1.54, 1.807) is 21.2 Å². The molecule has 0 atom stereocenters. The maximum Gasteiger partial charge on any atom is 0.251 e. The molecule has 0 bridgehead atoms. The van der Waals surface area contributed by atoms with Crippen LogP contribution in [0, 0.1) is 0 Å². The number of hydrogen-bond donors (Lipinski definition) is 2. The van der Waals surface area contributed by atoms with Crippen molar-refractivity contribution in [1.82, 2.24) is 15.5 Å². The van der Waals surface area contributed by atoms with Crippen molar-refractivity contribution >= 4 is 41.5 Å². The zero-order valence-electron chi connectivity index (χ0n) is 17.7. The third kappa shape index (κ3) is 6.01. The molecule has 1 aliphatic heterocycles. The molecular formula is C22H30IN5O2. The molecular weight excluding hydrogens is 493 g/mol. The summed E-state index contributed by atoms with van der Waals surface area (Å²) < 4.78 is 5.34. The van der Waals surface area contributed by atoms with Crippen LogP contribution in [0.5, 0.6) is 5.75 Å². The van der Waals surface area contributed by atoms with Crippen LogP contribution in [0.2, 0.25) is 0 Å². The van der Waals surface area contributed by atoms with Crippen molar-refractivity contribution in [3.8, 4) is 5.75 Å². The topological polar surface area (TPSA) is 69.2 Å². The first-order chi connectivity index (χ1) is 14.1. The summed E-state index contributed by atoms with van der Waals surface area (Å²) in [4.78, 5) is 20.9. The fourth-order valence-corrected chi connectivity index (χ4v) is 3.46. The average molecular weight is 523 g/mol. The molecule has 7 nitrogen and oxygen atoms in total. The standard InChI is InChI=1S/C22H29N5O2.HI/c1-23-21(28)18-7-4-6-17(14-18)16-25-22(24-2)27-12-10-26(11-13-27)19-8-5-9-20(15-19)29-3;/h4-9,14-15H,10-13,16H2,1-3H3,(H,23,28)(H,24,25);1H. The van der Waals surface area contributed by atoms with Crippen LogP contribution in [0.15, 0.2) is 53.5 Å². The highest BCUT2D eigenvalue weighted by molar-refractivity contribution is 14.0. The predicted molar refractivity (Wildman–Crippen MR) is 132 cm³/mol. The summed E-state index contributed by atoms with van der Waals surface area (Å²) in [7, 11) is 5.13. The molecule has 2 aromatic rings. The van der Waals surface area contributed by atoms with Gasteiger partial charge in [-0.2, -0.15) is 0 Å². The number of carbonyl (C=O) groups excluding carboxylic acids is 1. The van der Waals surface area contributed by atoms with E-state index in [0.717, 1.165) is 43.5 Å². The van der Waals surface area contributed by atoms with Gasteiger partial charge in [0.1, 0.15) is 5.75 Å². The summed E-state index contributed by atoms with van der Waals surface area (Å²) in [6.07, 6.45) is 0. The summed E-state index contributed by atoms with van der Waals surface area (Å²) >= 11 is 0. The van der Waals surface area contributed by atoms with Gasteiger partial charge in [0.05, 0.1) is 7.11 Å². The van der Waals surface area contributed by atoms with Crippen molar-refractivity contribution in [3.05, 3.63) is 59.7 Å². The second-order valence-corrected chi connectivity index (χ2v) is 6.86. The molecule has 3 rings (SSSR count). The van der Waals surface area contributed by atoms with Crippen LogP contribution in [-0.2, 0) is 6.54 Å². The van der Waals surface area contributed by atoms with Gasteiger partial charge in [0, 0.05) is 64.1 Å². The smallest absolute Gasteiger partial charge is 0.251 e. The number of piperazine rings is 1. The Morgan fingerprint density at radius 2 is 1.83 bits per heavy atom. The van der Waals surface area contributed by atoms with Crippen molar-refractivity contribution in [1.29, 1.82) is 0 Å². The van der Waals surface area contributed by atoms with Crippen LogP contribution in [0.4, 0.5) is 5.69 Å². The van der Waals surface area contributed by atoms with Gasteiger partial charge in [0.15, 0.2) is 5.96 Å². The number of hydrogen-bond acceptors (Lipinski definition) is 4. The Balaban J connectivity index is 0.00000320. The fourth-order valence-electron chi connectivity index (χ4n) is 3.46. The number of guanidine groups is 1. The Morgan fingerprint density at radius 3 is 2.50 bits per heavy atom. The third-order valence-corrected chi connectivity index (χ3v) is 5.08. The largest absolute Gasteiger partial charge is 0.497 e. The number of nitrogens with one attached hydrogen (secondary N) is 2. The van der Waals surface area contributed by atoms with Gasteiger partial charge in [0.2, 0.25) is 0 Å². The lowest BCUT2D eigenvalue weighted by Crippen LogP contribution is -2.52. The molecule has 1 saturated heterocycles. The van der Waals surface area contributed by atoms with Crippen molar-refractivity contribution < 1.29 is 9.53 Å². The quantitative estimate of drug-likeness (QED) is 0.359. The predicted octanol–water partition coefficient (Wildman–Crippen LogP) is 2.57. The van der Waals surface area contributed by atoms with Crippen LogP contribution < -0.4 is 20.3 Å². The van der Waals surface area contributed by atoms with Gasteiger partial charge >= 0.3 is 0 Å². The first kappa shape index (κ1) is 23.8. The maximum absolute atomic E-state index is 11.8.